The van der Waals surface area contributed by atoms with Crippen LogP contribution >= 0.6 is 27.5 Å². The molecule has 2 rings (SSSR count). The molecule has 0 saturated carbocycles. The van der Waals surface area contributed by atoms with Gasteiger partial charge in [-0.25, -0.2) is 13.1 Å². The van der Waals surface area contributed by atoms with Gasteiger partial charge in [-0.05, 0) is 37.5 Å². The maximum Gasteiger partial charge on any atom is 0.242 e. The molecule has 1 aromatic carbocycles. The van der Waals surface area contributed by atoms with Gasteiger partial charge in [0.05, 0.1) is 11.1 Å². The van der Waals surface area contributed by atoms with E-state index in [9.17, 15) is 13.5 Å². The SMILES string of the molecule is CC1CC(C)N(CC(O)CNS(=O)(=O)c2cc(Br)ccc2Cl)C1. The zero-order chi connectivity index (χ0) is 17.2. The minimum Gasteiger partial charge on any atom is -0.390 e. The van der Waals surface area contributed by atoms with Crippen molar-refractivity contribution < 1.29 is 13.5 Å². The Kier molecular flexibility index (Phi) is 6.49. The number of aliphatic hydroxyl groups excluding tert-OH is 1. The highest BCUT2D eigenvalue weighted by Crippen LogP contribution is 2.25. The van der Waals surface area contributed by atoms with E-state index in [4.69, 9.17) is 11.6 Å². The second-order valence-corrected chi connectivity index (χ2v) is 9.28. The number of halogens is 2. The normalized spacial score (nSPS) is 24.0. The fourth-order valence-electron chi connectivity index (χ4n) is 2.94. The molecule has 3 unspecified atom stereocenters. The lowest BCUT2D eigenvalue weighted by Crippen LogP contribution is -2.41. The van der Waals surface area contributed by atoms with Gasteiger partial charge in [0.15, 0.2) is 0 Å². The summed E-state index contributed by atoms with van der Waals surface area (Å²) in [6.45, 7) is 5.66. The molecule has 0 radical (unpaired) electrons. The summed E-state index contributed by atoms with van der Waals surface area (Å²) in [5, 5.41) is 10.3. The summed E-state index contributed by atoms with van der Waals surface area (Å²) < 4.78 is 27.7. The van der Waals surface area contributed by atoms with E-state index >= 15 is 0 Å². The fraction of sp³-hybridized carbons (Fsp3) is 0.600. The van der Waals surface area contributed by atoms with E-state index in [1.165, 1.54) is 12.1 Å². The van der Waals surface area contributed by atoms with Gasteiger partial charge in [-0.3, -0.25) is 4.90 Å². The molecule has 1 aliphatic heterocycles. The molecule has 0 bridgehead atoms. The summed E-state index contributed by atoms with van der Waals surface area (Å²) in [5.41, 5.74) is 0. The maximum absolute atomic E-state index is 12.3. The van der Waals surface area contributed by atoms with Crippen molar-refractivity contribution in [3.8, 4) is 0 Å². The first kappa shape index (κ1) is 19.1. The molecule has 0 spiro atoms. The van der Waals surface area contributed by atoms with Crippen molar-refractivity contribution in [2.75, 3.05) is 19.6 Å². The van der Waals surface area contributed by atoms with E-state index in [0.29, 0.717) is 23.0 Å². The van der Waals surface area contributed by atoms with E-state index < -0.39 is 16.1 Å². The second-order valence-electron chi connectivity index (χ2n) is 6.22. The van der Waals surface area contributed by atoms with Gasteiger partial charge in [0.2, 0.25) is 10.0 Å². The van der Waals surface area contributed by atoms with Crippen LogP contribution in [0.25, 0.3) is 0 Å². The molecule has 0 amide bonds. The molecule has 1 heterocycles. The number of rotatable bonds is 6. The van der Waals surface area contributed by atoms with Crippen LogP contribution in [0.15, 0.2) is 27.6 Å². The number of likely N-dealkylation sites (tertiary alicyclic amines) is 1. The largest absolute Gasteiger partial charge is 0.390 e. The first-order valence-corrected chi connectivity index (χ1v) is 10.2. The summed E-state index contributed by atoms with van der Waals surface area (Å²) in [5.74, 6) is 0.606. The van der Waals surface area contributed by atoms with E-state index in [0.717, 1.165) is 13.0 Å². The predicted molar refractivity (Wildman–Crippen MR) is 95.2 cm³/mol. The average Bonchev–Trinajstić information content (AvgIpc) is 2.77. The van der Waals surface area contributed by atoms with Gasteiger partial charge in [-0.2, -0.15) is 0 Å². The molecule has 1 aliphatic rings. The average molecular weight is 426 g/mol. The van der Waals surface area contributed by atoms with Gasteiger partial charge in [0.1, 0.15) is 4.90 Å². The van der Waals surface area contributed by atoms with Crippen LogP contribution in [0, 0.1) is 5.92 Å². The van der Waals surface area contributed by atoms with Gasteiger partial charge in [0, 0.05) is 30.1 Å². The van der Waals surface area contributed by atoms with Crippen molar-refractivity contribution in [2.45, 2.75) is 37.3 Å². The molecule has 1 aromatic rings. The van der Waals surface area contributed by atoms with Crippen molar-refractivity contribution in [1.82, 2.24) is 9.62 Å². The van der Waals surface area contributed by atoms with Crippen molar-refractivity contribution in [2.24, 2.45) is 5.92 Å². The van der Waals surface area contributed by atoms with Crippen molar-refractivity contribution in [3.05, 3.63) is 27.7 Å². The summed E-state index contributed by atoms with van der Waals surface area (Å²) in [6, 6.07) is 5.05. The summed E-state index contributed by atoms with van der Waals surface area (Å²) >= 11 is 9.19. The monoisotopic (exact) mass is 424 g/mol. The lowest BCUT2D eigenvalue weighted by molar-refractivity contribution is 0.111. The molecule has 0 aromatic heterocycles. The second kappa shape index (κ2) is 7.80. The molecular weight excluding hydrogens is 404 g/mol. The Morgan fingerprint density at radius 1 is 1.48 bits per heavy atom. The first-order valence-electron chi connectivity index (χ1n) is 7.56. The number of benzene rings is 1. The third kappa shape index (κ3) is 5.14. The van der Waals surface area contributed by atoms with Crippen LogP contribution in [0.4, 0.5) is 0 Å². The molecule has 130 valence electrons. The highest BCUT2D eigenvalue weighted by atomic mass is 79.9. The Morgan fingerprint density at radius 3 is 2.78 bits per heavy atom. The summed E-state index contributed by atoms with van der Waals surface area (Å²) in [7, 11) is -3.76. The van der Waals surface area contributed by atoms with Crippen LogP contribution in [0.5, 0.6) is 0 Å². The van der Waals surface area contributed by atoms with Crippen LogP contribution < -0.4 is 4.72 Å². The molecule has 8 heteroatoms. The van der Waals surface area contributed by atoms with Crippen LogP contribution in [-0.4, -0.2) is 50.2 Å². The van der Waals surface area contributed by atoms with Gasteiger partial charge in [-0.1, -0.05) is 34.5 Å². The van der Waals surface area contributed by atoms with E-state index in [2.05, 4.69) is 39.4 Å². The number of aliphatic hydroxyl groups is 1. The third-order valence-electron chi connectivity index (χ3n) is 4.05. The van der Waals surface area contributed by atoms with Crippen LogP contribution in [-0.2, 0) is 10.0 Å². The number of hydrogen-bond donors (Lipinski definition) is 2. The minimum atomic E-state index is -3.76. The number of nitrogens with zero attached hydrogens (tertiary/aromatic N) is 1. The Bertz CT molecular complexity index is 656. The Morgan fingerprint density at radius 2 is 2.17 bits per heavy atom. The Labute approximate surface area is 151 Å². The number of sulfonamides is 1. The number of hydrogen-bond acceptors (Lipinski definition) is 4. The first-order chi connectivity index (χ1) is 10.7. The maximum atomic E-state index is 12.3. The smallest absolute Gasteiger partial charge is 0.242 e. The molecule has 3 atom stereocenters. The molecule has 2 N–H and O–H groups in total. The number of nitrogens with one attached hydrogen (secondary N) is 1. The van der Waals surface area contributed by atoms with E-state index in [-0.39, 0.29) is 16.5 Å². The topological polar surface area (TPSA) is 69.6 Å². The van der Waals surface area contributed by atoms with Crippen molar-refractivity contribution in [3.63, 3.8) is 0 Å². The fourth-order valence-corrected chi connectivity index (χ4v) is 5.05. The highest BCUT2D eigenvalue weighted by molar-refractivity contribution is 9.10. The predicted octanol–water partition coefficient (Wildman–Crippen LogP) is 2.47. The number of β-amino-alcohol motifs (C(OH)–C–C–N with tert-alkyl or cyclic N) is 1. The third-order valence-corrected chi connectivity index (χ3v) is 6.45. The van der Waals surface area contributed by atoms with Crippen LogP contribution in [0.1, 0.15) is 20.3 Å². The van der Waals surface area contributed by atoms with Crippen LogP contribution in [0.3, 0.4) is 0 Å². The molecule has 5 nitrogen and oxygen atoms in total. The minimum absolute atomic E-state index is 0.00362. The van der Waals surface area contributed by atoms with Crippen molar-refractivity contribution >= 4 is 37.6 Å². The van der Waals surface area contributed by atoms with Gasteiger partial charge in [-0.15, -0.1) is 0 Å². The lowest BCUT2D eigenvalue weighted by atomic mass is 10.1. The Balaban J connectivity index is 1.95. The van der Waals surface area contributed by atoms with Crippen molar-refractivity contribution in [1.29, 1.82) is 0 Å². The van der Waals surface area contributed by atoms with Gasteiger partial charge in [0.25, 0.3) is 0 Å². The van der Waals surface area contributed by atoms with Gasteiger partial charge >= 0.3 is 0 Å². The molecular formula is C15H22BrClN2O3S. The Hall–Kier alpha value is -0.180. The zero-order valence-corrected chi connectivity index (χ0v) is 16.3. The molecule has 0 aliphatic carbocycles. The van der Waals surface area contributed by atoms with Gasteiger partial charge < -0.3 is 5.11 Å². The van der Waals surface area contributed by atoms with E-state index in [1.807, 2.05) is 0 Å². The molecule has 1 fully saturated rings. The quantitative estimate of drug-likeness (QED) is 0.734. The zero-order valence-electron chi connectivity index (χ0n) is 13.2. The molecule has 23 heavy (non-hydrogen) atoms. The standard InChI is InChI=1S/C15H22BrClN2O3S/c1-10-5-11(2)19(8-10)9-13(20)7-18-23(21,22)15-6-12(16)3-4-14(15)17/h3-4,6,10-11,13,18,20H,5,7-9H2,1-2H3. The van der Waals surface area contributed by atoms with Crippen LogP contribution in [0.2, 0.25) is 5.02 Å². The summed E-state index contributed by atoms with van der Waals surface area (Å²) in [6.07, 6.45) is 0.343. The van der Waals surface area contributed by atoms with E-state index in [1.54, 1.807) is 6.07 Å². The lowest BCUT2D eigenvalue weighted by Gasteiger charge is -2.24. The summed E-state index contributed by atoms with van der Waals surface area (Å²) in [4.78, 5) is 2.19. The highest BCUT2D eigenvalue weighted by Gasteiger charge is 2.28. The molecule has 1 saturated heterocycles.